The molecule has 1 aromatic carbocycles. The Morgan fingerprint density at radius 1 is 1.50 bits per heavy atom. The Hall–Kier alpha value is -1.92. The Labute approximate surface area is 121 Å². The first-order valence-electron chi connectivity index (χ1n) is 6.02. The summed E-state index contributed by atoms with van der Waals surface area (Å²) in [7, 11) is 0. The molecule has 0 bridgehead atoms. The first kappa shape index (κ1) is 14.5. The normalized spacial score (nSPS) is 11.4. The Bertz CT molecular complexity index is 624. The zero-order valence-electron chi connectivity index (χ0n) is 11.2. The number of carbonyl (C=O) groups is 1. The van der Waals surface area contributed by atoms with Crippen molar-refractivity contribution in [2.45, 2.75) is 20.3 Å². The zero-order chi connectivity index (χ0) is 14.8. The second-order valence-electron chi connectivity index (χ2n) is 5.06. The number of halogens is 1. The van der Waals surface area contributed by atoms with Crippen LogP contribution in [0.25, 0.3) is 11.4 Å². The lowest BCUT2D eigenvalue weighted by Crippen LogP contribution is -2.42. The summed E-state index contributed by atoms with van der Waals surface area (Å²) in [6, 6.07) is 7.15. The predicted octanol–water partition coefficient (Wildman–Crippen LogP) is 1.95. The molecule has 0 spiro atoms. The van der Waals surface area contributed by atoms with Crippen LogP contribution < -0.4 is 11.3 Å². The van der Waals surface area contributed by atoms with Gasteiger partial charge in [0.1, 0.15) is 0 Å². The molecule has 1 aromatic heterocycles. The maximum atomic E-state index is 11.6. The summed E-state index contributed by atoms with van der Waals surface area (Å²) >= 11 is 5.92. The van der Waals surface area contributed by atoms with Gasteiger partial charge in [-0.3, -0.25) is 10.2 Å². The minimum Gasteiger partial charge on any atom is -0.339 e. The molecule has 6 nitrogen and oxygen atoms in total. The molecule has 0 atom stereocenters. The average molecular weight is 295 g/mol. The molecule has 0 aliphatic carbocycles. The molecule has 0 saturated heterocycles. The van der Waals surface area contributed by atoms with E-state index in [1.807, 2.05) is 6.07 Å². The van der Waals surface area contributed by atoms with Crippen LogP contribution in [0.15, 0.2) is 28.8 Å². The fourth-order valence-corrected chi connectivity index (χ4v) is 1.92. The quantitative estimate of drug-likeness (QED) is 0.510. The molecule has 0 aliphatic rings. The van der Waals surface area contributed by atoms with Crippen molar-refractivity contribution in [2.75, 3.05) is 0 Å². The van der Waals surface area contributed by atoms with E-state index in [1.54, 1.807) is 32.0 Å². The largest absolute Gasteiger partial charge is 0.339 e. The molecule has 1 heterocycles. The van der Waals surface area contributed by atoms with Crippen LogP contribution in [0.1, 0.15) is 19.7 Å². The maximum absolute atomic E-state index is 11.6. The highest BCUT2D eigenvalue weighted by Gasteiger charge is 2.30. The fourth-order valence-electron chi connectivity index (χ4n) is 1.73. The number of benzene rings is 1. The van der Waals surface area contributed by atoms with Gasteiger partial charge in [-0.25, -0.2) is 5.84 Å². The monoisotopic (exact) mass is 294 g/mol. The number of nitrogens with zero attached hydrogens (tertiary/aromatic N) is 2. The highest BCUT2D eigenvalue weighted by Crippen LogP contribution is 2.24. The van der Waals surface area contributed by atoms with Gasteiger partial charge in [0, 0.05) is 17.0 Å². The Morgan fingerprint density at radius 3 is 2.90 bits per heavy atom. The van der Waals surface area contributed by atoms with Gasteiger partial charge in [0.2, 0.25) is 17.6 Å². The highest BCUT2D eigenvalue weighted by molar-refractivity contribution is 6.30. The van der Waals surface area contributed by atoms with Crippen molar-refractivity contribution >= 4 is 17.5 Å². The molecule has 0 saturated carbocycles. The third kappa shape index (κ3) is 3.15. The summed E-state index contributed by atoms with van der Waals surface area (Å²) in [4.78, 5) is 15.9. The summed E-state index contributed by atoms with van der Waals surface area (Å²) in [6.45, 7) is 3.50. The molecule has 106 valence electrons. The van der Waals surface area contributed by atoms with Crippen LogP contribution in [0.5, 0.6) is 0 Å². The van der Waals surface area contributed by atoms with Crippen molar-refractivity contribution in [1.29, 1.82) is 0 Å². The van der Waals surface area contributed by atoms with Crippen LogP contribution in [0, 0.1) is 5.41 Å². The smallest absolute Gasteiger partial charge is 0.240 e. The SMILES string of the molecule is CC(C)(Cc1nc(-c2cccc(Cl)c2)no1)C(=O)NN. The van der Waals surface area contributed by atoms with Crippen LogP contribution in [-0.4, -0.2) is 16.0 Å². The van der Waals surface area contributed by atoms with Crippen LogP contribution in [0.2, 0.25) is 5.02 Å². The van der Waals surface area contributed by atoms with Crippen molar-refractivity contribution in [3.05, 3.63) is 35.2 Å². The molecule has 20 heavy (non-hydrogen) atoms. The van der Waals surface area contributed by atoms with Gasteiger partial charge in [0.25, 0.3) is 0 Å². The van der Waals surface area contributed by atoms with Gasteiger partial charge in [-0.1, -0.05) is 42.7 Å². The van der Waals surface area contributed by atoms with E-state index in [0.717, 1.165) is 5.56 Å². The predicted molar refractivity (Wildman–Crippen MR) is 74.6 cm³/mol. The minimum absolute atomic E-state index is 0.292. The molecular formula is C13H15ClN4O2. The molecule has 3 N–H and O–H groups in total. The summed E-state index contributed by atoms with van der Waals surface area (Å²) in [5.41, 5.74) is 2.15. The molecule has 0 aliphatic heterocycles. The number of aromatic nitrogens is 2. The Balaban J connectivity index is 2.20. The van der Waals surface area contributed by atoms with Gasteiger partial charge in [-0.15, -0.1) is 0 Å². The minimum atomic E-state index is -0.729. The highest BCUT2D eigenvalue weighted by atomic mass is 35.5. The van der Waals surface area contributed by atoms with E-state index in [0.29, 0.717) is 23.2 Å². The third-order valence-corrected chi connectivity index (χ3v) is 3.12. The lowest BCUT2D eigenvalue weighted by Gasteiger charge is -2.19. The number of rotatable bonds is 4. The summed E-state index contributed by atoms with van der Waals surface area (Å²) < 4.78 is 5.16. The van der Waals surface area contributed by atoms with Crippen molar-refractivity contribution in [3.63, 3.8) is 0 Å². The van der Waals surface area contributed by atoms with Crippen LogP contribution in [-0.2, 0) is 11.2 Å². The van der Waals surface area contributed by atoms with Crippen molar-refractivity contribution < 1.29 is 9.32 Å². The molecular weight excluding hydrogens is 280 g/mol. The number of hydrazine groups is 1. The Kier molecular flexibility index (Phi) is 4.06. The van der Waals surface area contributed by atoms with Crippen molar-refractivity contribution in [3.8, 4) is 11.4 Å². The van der Waals surface area contributed by atoms with Crippen LogP contribution in [0.3, 0.4) is 0 Å². The van der Waals surface area contributed by atoms with Gasteiger partial charge in [-0.2, -0.15) is 4.98 Å². The molecule has 0 unspecified atom stereocenters. The van der Waals surface area contributed by atoms with Crippen molar-refractivity contribution in [1.82, 2.24) is 15.6 Å². The summed E-state index contributed by atoms with van der Waals surface area (Å²) in [5.74, 6) is 5.66. The molecule has 7 heteroatoms. The number of nitrogens with two attached hydrogens (primary N) is 1. The van der Waals surface area contributed by atoms with Gasteiger partial charge in [-0.05, 0) is 12.1 Å². The number of amides is 1. The maximum Gasteiger partial charge on any atom is 0.240 e. The van der Waals surface area contributed by atoms with E-state index < -0.39 is 5.41 Å². The van der Waals surface area contributed by atoms with Crippen molar-refractivity contribution in [2.24, 2.45) is 11.3 Å². The molecule has 1 amide bonds. The van der Waals surface area contributed by atoms with Gasteiger partial charge >= 0.3 is 0 Å². The second kappa shape index (κ2) is 5.60. The number of hydrogen-bond acceptors (Lipinski definition) is 5. The standard InChI is InChI=1S/C13H15ClN4O2/c1-13(2,12(19)17-15)7-10-16-11(18-20-10)8-4-3-5-9(14)6-8/h3-6H,7,15H2,1-2H3,(H,17,19). The lowest BCUT2D eigenvalue weighted by molar-refractivity contribution is -0.129. The number of carbonyl (C=O) groups excluding carboxylic acids is 1. The van der Waals surface area contributed by atoms with E-state index in [1.165, 1.54) is 0 Å². The zero-order valence-corrected chi connectivity index (χ0v) is 11.9. The van der Waals surface area contributed by atoms with E-state index >= 15 is 0 Å². The average Bonchev–Trinajstić information content (AvgIpc) is 2.85. The molecule has 2 rings (SSSR count). The van der Waals surface area contributed by atoms with Crippen LogP contribution in [0.4, 0.5) is 0 Å². The van der Waals surface area contributed by atoms with E-state index in [9.17, 15) is 4.79 Å². The van der Waals surface area contributed by atoms with E-state index in [2.05, 4.69) is 15.6 Å². The molecule has 0 fully saturated rings. The summed E-state index contributed by atoms with van der Waals surface area (Å²) in [6.07, 6.45) is 0.295. The number of nitrogens with one attached hydrogen (secondary N) is 1. The van der Waals surface area contributed by atoms with Crippen LogP contribution >= 0.6 is 11.6 Å². The third-order valence-electron chi connectivity index (χ3n) is 2.89. The van der Waals surface area contributed by atoms with Gasteiger partial charge in [0.15, 0.2) is 0 Å². The van der Waals surface area contributed by atoms with E-state index in [4.69, 9.17) is 22.0 Å². The van der Waals surface area contributed by atoms with Gasteiger partial charge < -0.3 is 4.52 Å². The topological polar surface area (TPSA) is 94.0 Å². The van der Waals surface area contributed by atoms with E-state index in [-0.39, 0.29) is 5.91 Å². The molecule has 0 radical (unpaired) electrons. The second-order valence-corrected chi connectivity index (χ2v) is 5.49. The number of hydrogen-bond donors (Lipinski definition) is 2. The first-order chi connectivity index (χ1) is 9.42. The fraction of sp³-hybridized carbons (Fsp3) is 0.308. The van der Waals surface area contributed by atoms with Gasteiger partial charge in [0.05, 0.1) is 5.41 Å². The lowest BCUT2D eigenvalue weighted by atomic mass is 9.88. The Morgan fingerprint density at radius 2 is 2.25 bits per heavy atom. The summed E-state index contributed by atoms with van der Waals surface area (Å²) in [5, 5.41) is 4.48. The molecule has 2 aromatic rings. The first-order valence-corrected chi connectivity index (χ1v) is 6.40.